The molecule has 0 saturated carbocycles. The molecule has 0 aromatic heterocycles. The van der Waals surface area contributed by atoms with Crippen LogP contribution in [0.3, 0.4) is 0 Å². The average Bonchev–Trinajstić information content (AvgIpc) is 2.36. The zero-order valence-electron chi connectivity index (χ0n) is 10.3. The fourth-order valence-electron chi connectivity index (χ4n) is 1.92. The monoisotopic (exact) mass is 326 g/mol. The van der Waals surface area contributed by atoms with Crippen molar-refractivity contribution in [2.75, 3.05) is 17.2 Å². The number of anilines is 3. The lowest BCUT2D eigenvalue weighted by molar-refractivity contribution is 0.621. The summed E-state index contributed by atoms with van der Waals surface area (Å²) >= 11 is 3.09. The quantitative estimate of drug-likeness (QED) is 0.843. The van der Waals surface area contributed by atoms with E-state index in [4.69, 9.17) is 5.73 Å². The Balaban J connectivity index is 2.51. The first-order valence-electron chi connectivity index (χ1n) is 5.80. The molecule has 100 valence electrons. The zero-order valence-corrected chi connectivity index (χ0v) is 11.9. The van der Waals surface area contributed by atoms with Gasteiger partial charge in [0.05, 0.1) is 15.8 Å². The van der Waals surface area contributed by atoms with Crippen LogP contribution >= 0.6 is 15.9 Å². The highest BCUT2D eigenvalue weighted by molar-refractivity contribution is 9.10. The second-order valence-electron chi connectivity index (χ2n) is 4.05. The van der Waals surface area contributed by atoms with Crippen LogP contribution < -0.4 is 10.6 Å². The number of nitrogen functional groups attached to an aromatic ring is 1. The minimum atomic E-state index is -0.404. The summed E-state index contributed by atoms with van der Waals surface area (Å²) in [6.45, 7) is 2.44. The second kappa shape index (κ2) is 5.57. The van der Waals surface area contributed by atoms with E-state index in [1.165, 1.54) is 24.3 Å². The van der Waals surface area contributed by atoms with Gasteiger partial charge >= 0.3 is 0 Å². The highest BCUT2D eigenvalue weighted by atomic mass is 79.9. The molecule has 0 aliphatic carbocycles. The van der Waals surface area contributed by atoms with Crippen LogP contribution in [0.15, 0.2) is 40.9 Å². The molecule has 0 amide bonds. The Morgan fingerprint density at radius 1 is 1.21 bits per heavy atom. The highest BCUT2D eigenvalue weighted by Crippen LogP contribution is 2.34. The first-order chi connectivity index (χ1) is 9.02. The van der Waals surface area contributed by atoms with Gasteiger partial charge in [0, 0.05) is 18.3 Å². The summed E-state index contributed by atoms with van der Waals surface area (Å²) in [5.41, 5.74) is 7.50. The summed E-state index contributed by atoms with van der Waals surface area (Å²) in [5, 5.41) is 0. The number of hydrogen-bond donors (Lipinski definition) is 1. The van der Waals surface area contributed by atoms with E-state index in [0.717, 1.165) is 0 Å². The van der Waals surface area contributed by atoms with Gasteiger partial charge in [-0.3, -0.25) is 0 Å². The van der Waals surface area contributed by atoms with E-state index in [2.05, 4.69) is 15.9 Å². The van der Waals surface area contributed by atoms with Gasteiger partial charge < -0.3 is 10.6 Å². The molecule has 2 nitrogen and oxygen atoms in total. The third kappa shape index (κ3) is 2.87. The van der Waals surface area contributed by atoms with Crippen LogP contribution in [0.1, 0.15) is 6.92 Å². The molecule has 0 bridgehead atoms. The van der Waals surface area contributed by atoms with Crippen LogP contribution in [-0.4, -0.2) is 6.54 Å². The summed E-state index contributed by atoms with van der Waals surface area (Å²) in [5.74, 6) is -0.744. The molecule has 0 saturated heterocycles. The van der Waals surface area contributed by atoms with E-state index >= 15 is 0 Å². The number of hydrogen-bond acceptors (Lipinski definition) is 2. The van der Waals surface area contributed by atoms with Gasteiger partial charge in [0.15, 0.2) is 0 Å². The Morgan fingerprint density at radius 3 is 2.58 bits per heavy atom. The molecule has 0 heterocycles. The lowest BCUT2D eigenvalue weighted by atomic mass is 10.2. The third-order valence-corrected chi connectivity index (χ3v) is 3.40. The van der Waals surface area contributed by atoms with Crippen LogP contribution in [0.25, 0.3) is 0 Å². The van der Waals surface area contributed by atoms with Crippen molar-refractivity contribution in [3.05, 3.63) is 52.5 Å². The smallest absolute Gasteiger partial charge is 0.139 e. The molecular formula is C14H13BrF2N2. The average molecular weight is 327 g/mol. The molecule has 2 aromatic rings. The molecule has 0 aliphatic rings. The topological polar surface area (TPSA) is 29.3 Å². The molecular weight excluding hydrogens is 314 g/mol. The predicted molar refractivity (Wildman–Crippen MR) is 77.6 cm³/mol. The van der Waals surface area contributed by atoms with Crippen LogP contribution in [0.2, 0.25) is 0 Å². The normalized spacial score (nSPS) is 10.5. The minimum absolute atomic E-state index is 0.309. The number of halogens is 3. The van der Waals surface area contributed by atoms with E-state index in [0.29, 0.717) is 28.1 Å². The maximum atomic E-state index is 13.6. The largest absolute Gasteiger partial charge is 0.397 e. The molecule has 0 aliphatic heterocycles. The van der Waals surface area contributed by atoms with Crippen molar-refractivity contribution >= 4 is 33.0 Å². The van der Waals surface area contributed by atoms with E-state index < -0.39 is 5.82 Å². The van der Waals surface area contributed by atoms with Gasteiger partial charge in [-0.1, -0.05) is 6.07 Å². The summed E-state index contributed by atoms with van der Waals surface area (Å²) in [7, 11) is 0. The molecule has 0 radical (unpaired) electrons. The lowest BCUT2D eigenvalue weighted by Crippen LogP contribution is -2.18. The maximum absolute atomic E-state index is 13.6. The van der Waals surface area contributed by atoms with Crippen molar-refractivity contribution in [2.24, 2.45) is 0 Å². The molecule has 0 fully saturated rings. The van der Waals surface area contributed by atoms with Gasteiger partial charge in [0.25, 0.3) is 0 Å². The number of nitrogens with two attached hydrogens (primary N) is 1. The van der Waals surface area contributed by atoms with Gasteiger partial charge in [-0.25, -0.2) is 8.78 Å². The van der Waals surface area contributed by atoms with E-state index in [9.17, 15) is 8.78 Å². The summed E-state index contributed by atoms with van der Waals surface area (Å²) < 4.78 is 27.2. The fraction of sp³-hybridized carbons (Fsp3) is 0.143. The van der Waals surface area contributed by atoms with Gasteiger partial charge in [-0.15, -0.1) is 0 Å². The lowest BCUT2D eigenvalue weighted by Gasteiger charge is -2.25. The van der Waals surface area contributed by atoms with E-state index in [1.807, 2.05) is 6.92 Å². The standard InChI is InChI=1S/C14H13BrF2N2/c1-2-19(10-5-3-4-9(16)6-10)14-8-12(17)11(15)7-13(14)18/h3-8H,2,18H2,1H3. The van der Waals surface area contributed by atoms with Crippen LogP contribution in [-0.2, 0) is 0 Å². The van der Waals surface area contributed by atoms with Crippen molar-refractivity contribution in [2.45, 2.75) is 6.92 Å². The Labute approximate surface area is 119 Å². The molecule has 19 heavy (non-hydrogen) atoms. The fourth-order valence-corrected chi connectivity index (χ4v) is 2.28. The van der Waals surface area contributed by atoms with Crippen LogP contribution in [0.4, 0.5) is 25.8 Å². The predicted octanol–water partition coefficient (Wildman–Crippen LogP) is 4.47. The minimum Gasteiger partial charge on any atom is -0.397 e. The summed E-state index contributed by atoms with van der Waals surface area (Å²) in [4.78, 5) is 1.76. The highest BCUT2D eigenvalue weighted by Gasteiger charge is 2.14. The number of rotatable bonds is 3. The molecule has 5 heteroatoms. The molecule has 2 N–H and O–H groups in total. The first kappa shape index (κ1) is 13.8. The molecule has 0 unspecified atom stereocenters. The number of nitrogens with zero attached hydrogens (tertiary/aromatic N) is 1. The van der Waals surface area contributed by atoms with Crippen molar-refractivity contribution in [3.8, 4) is 0 Å². The molecule has 2 aromatic carbocycles. The van der Waals surface area contributed by atoms with Crippen LogP contribution in [0, 0.1) is 11.6 Å². The van der Waals surface area contributed by atoms with Crippen molar-refractivity contribution < 1.29 is 8.78 Å². The van der Waals surface area contributed by atoms with Gasteiger partial charge in [0.2, 0.25) is 0 Å². The van der Waals surface area contributed by atoms with Crippen molar-refractivity contribution in [1.29, 1.82) is 0 Å². The summed E-state index contributed by atoms with van der Waals surface area (Å²) in [6, 6.07) is 8.97. The van der Waals surface area contributed by atoms with E-state index in [1.54, 1.807) is 17.0 Å². The Morgan fingerprint density at radius 2 is 1.95 bits per heavy atom. The molecule has 2 rings (SSSR count). The Kier molecular flexibility index (Phi) is 4.04. The second-order valence-corrected chi connectivity index (χ2v) is 4.90. The van der Waals surface area contributed by atoms with Crippen molar-refractivity contribution in [1.82, 2.24) is 0 Å². The molecule has 0 atom stereocenters. The third-order valence-electron chi connectivity index (χ3n) is 2.80. The Bertz CT molecular complexity index is 602. The Hall–Kier alpha value is -1.62. The van der Waals surface area contributed by atoms with E-state index in [-0.39, 0.29) is 5.82 Å². The number of benzene rings is 2. The van der Waals surface area contributed by atoms with Crippen molar-refractivity contribution in [3.63, 3.8) is 0 Å². The SMILES string of the molecule is CCN(c1cccc(F)c1)c1cc(F)c(Br)cc1N. The summed E-state index contributed by atoms with van der Waals surface area (Å²) in [6.07, 6.45) is 0. The maximum Gasteiger partial charge on any atom is 0.139 e. The first-order valence-corrected chi connectivity index (χ1v) is 6.60. The van der Waals surface area contributed by atoms with Crippen LogP contribution in [0.5, 0.6) is 0 Å². The zero-order chi connectivity index (χ0) is 14.0. The van der Waals surface area contributed by atoms with Gasteiger partial charge in [-0.05, 0) is 47.1 Å². The van der Waals surface area contributed by atoms with Gasteiger partial charge in [-0.2, -0.15) is 0 Å². The van der Waals surface area contributed by atoms with Gasteiger partial charge in [0.1, 0.15) is 11.6 Å². The molecule has 0 spiro atoms.